The van der Waals surface area contributed by atoms with Crippen molar-refractivity contribution in [3.8, 4) is 0 Å². The molecule has 2 rings (SSSR count). The topological polar surface area (TPSA) is 84.2 Å². The summed E-state index contributed by atoms with van der Waals surface area (Å²) < 4.78 is 43.7. The molecule has 0 spiro atoms. The summed E-state index contributed by atoms with van der Waals surface area (Å²) in [5, 5.41) is 8.48. The van der Waals surface area contributed by atoms with Gasteiger partial charge in [-0.15, -0.1) is 11.8 Å². The quantitative estimate of drug-likeness (QED) is 0.640. The van der Waals surface area contributed by atoms with E-state index in [-0.39, 0.29) is 24.1 Å². The van der Waals surface area contributed by atoms with Crippen molar-refractivity contribution in [3.05, 3.63) is 47.2 Å². The van der Waals surface area contributed by atoms with Gasteiger partial charge in [0.05, 0.1) is 16.6 Å². The molecule has 0 bridgehead atoms. The molecule has 1 heterocycles. The van der Waals surface area contributed by atoms with E-state index in [1.54, 1.807) is 39.8 Å². The van der Waals surface area contributed by atoms with Gasteiger partial charge in [0, 0.05) is 18.0 Å². The van der Waals surface area contributed by atoms with Crippen molar-refractivity contribution in [3.63, 3.8) is 0 Å². The average molecular weight is 443 g/mol. The van der Waals surface area contributed by atoms with E-state index in [9.17, 15) is 22.8 Å². The van der Waals surface area contributed by atoms with Gasteiger partial charge >= 0.3 is 6.18 Å². The summed E-state index contributed by atoms with van der Waals surface area (Å²) in [6, 6.07) is 6.65. The van der Waals surface area contributed by atoms with Crippen LogP contribution in [0, 0.1) is 6.92 Å². The van der Waals surface area contributed by atoms with Crippen LogP contribution >= 0.6 is 11.8 Å². The predicted molar refractivity (Wildman–Crippen MR) is 109 cm³/mol. The molecule has 0 fully saturated rings. The number of benzene rings is 1. The molecular weight excluding hydrogens is 419 g/mol. The van der Waals surface area contributed by atoms with Gasteiger partial charge in [0.25, 0.3) is 0 Å². The SMILES string of the molecule is Cc1cc(NC(=O)C(C)SCC(=O)NCC(C)(C)c2cccc(C(F)(F)F)c2)no1. The van der Waals surface area contributed by atoms with E-state index in [1.165, 1.54) is 6.07 Å². The van der Waals surface area contributed by atoms with Gasteiger partial charge in [-0.2, -0.15) is 13.2 Å². The lowest BCUT2D eigenvalue weighted by molar-refractivity contribution is -0.137. The highest BCUT2D eigenvalue weighted by Gasteiger charge is 2.32. The minimum absolute atomic E-state index is 0.0328. The molecule has 10 heteroatoms. The number of thioether (sulfide) groups is 1. The zero-order valence-electron chi connectivity index (χ0n) is 17.1. The second-order valence-electron chi connectivity index (χ2n) is 7.50. The first kappa shape index (κ1) is 23.8. The molecule has 30 heavy (non-hydrogen) atoms. The monoisotopic (exact) mass is 443 g/mol. The number of alkyl halides is 3. The third kappa shape index (κ3) is 6.79. The lowest BCUT2D eigenvalue weighted by atomic mass is 9.83. The smallest absolute Gasteiger partial charge is 0.360 e. The first-order valence-electron chi connectivity index (χ1n) is 9.19. The first-order valence-corrected chi connectivity index (χ1v) is 10.2. The summed E-state index contributed by atoms with van der Waals surface area (Å²) >= 11 is 1.14. The maximum absolute atomic E-state index is 12.9. The zero-order chi connectivity index (χ0) is 22.5. The van der Waals surface area contributed by atoms with Gasteiger partial charge in [-0.3, -0.25) is 9.59 Å². The summed E-state index contributed by atoms with van der Waals surface area (Å²) in [4.78, 5) is 24.3. The van der Waals surface area contributed by atoms with Crippen LogP contribution in [0.1, 0.15) is 37.7 Å². The molecule has 0 aliphatic heterocycles. The predicted octanol–water partition coefficient (Wildman–Crippen LogP) is 4.16. The van der Waals surface area contributed by atoms with Crippen LogP contribution in [0.2, 0.25) is 0 Å². The Morgan fingerprint density at radius 3 is 2.47 bits per heavy atom. The summed E-state index contributed by atoms with van der Waals surface area (Å²) in [5.74, 6) is 0.276. The average Bonchev–Trinajstić information content (AvgIpc) is 3.08. The summed E-state index contributed by atoms with van der Waals surface area (Å²) in [6.07, 6.45) is -4.42. The van der Waals surface area contributed by atoms with E-state index in [1.807, 2.05) is 0 Å². The highest BCUT2D eigenvalue weighted by molar-refractivity contribution is 8.01. The van der Waals surface area contributed by atoms with Crippen LogP contribution in [-0.4, -0.2) is 34.5 Å². The van der Waals surface area contributed by atoms with Crippen LogP contribution in [0.3, 0.4) is 0 Å². The molecule has 6 nitrogen and oxygen atoms in total. The number of rotatable bonds is 8. The van der Waals surface area contributed by atoms with E-state index in [4.69, 9.17) is 4.52 Å². The van der Waals surface area contributed by atoms with E-state index in [0.29, 0.717) is 17.1 Å². The summed E-state index contributed by atoms with van der Waals surface area (Å²) in [6.45, 7) is 7.03. The number of anilines is 1. The molecule has 2 N–H and O–H groups in total. The molecule has 164 valence electrons. The largest absolute Gasteiger partial charge is 0.416 e. The van der Waals surface area contributed by atoms with Crippen LogP contribution in [0.15, 0.2) is 34.9 Å². The molecule has 2 aromatic rings. The fourth-order valence-electron chi connectivity index (χ4n) is 2.52. The second-order valence-corrected chi connectivity index (χ2v) is 8.83. The van der Waals surface area contributed by atoms with Crippen LogP contribution in [0.4, 0.5) is 19.0 Å². The number of amides is 2. The Balaban J connectivity index is 1.84. The van der Waals surface area contributed by atoms with E-state index in [2.05, 4.69) is 15.8 Å². The second kappa shape index (κ2) is 9.55. The summed E-state index contributed by atoms with van der Waals surface area (Å²) in [5.41, 5.74) is -0.951. The van der Waals surface area contributed by atoms with Crippen molar-refractivity contribution in [2.75, 3.05) is 17.6 Å². The van der Waals surface area contributed by atoms with Crippen molar-refractivity contribution >= 4 is 29.4 Å². The maximum Gasteiger partial charge on any atom is 0.416 e. The number of halogens is 3. The van der Waals surface area contributed by atoms with Gasteiger partial charge in [0.15, 0.2) is 5.82 Å². The molecule has 1 unspecified atom stereocenters. The molecule has 0 aliphatic carbocycles. The van der Waals surface area contributed by atoms with Crippen LogP contribution in [0.25, 0.3) is 0 Å². The van der Waals surface area contributed by atoms with Crippen molar-refractivity contribution in [2.24, 2.45) is 0 Å². The zero-order valence-corrected chi connectivity index (χ0v) is 17.9. The Bertz CT molecular complexity index is 897. The van der Waals surface area contributed by atoms with E-state index in [0.717, 1.165) is 23.9 Å². The number of nitrogens with one attached hydrogen (secondary N) is 2. The van der Waals surface area contributed by atoms with Gasteiger partial charge < -0.3 is 15.2 Å². The number of nitrogens with zero attached hydrogens (tertiary/aromatic N) is 1. The number of hydrogen-bond acceptors (Lipinski definition) is 5. The van der Waals surface area contributed by atoms with Crippen molar-refractivity contribution in [2.45, 2.75) is 44.5 Å². The molecule has 2 amide bonds. The highest BCUT2D eigenvalue weighted by atomic mass is 32.2. The van der Waals surface area contributed by atoms with E-state index < -0.39 is 22.4 Å². The third-order valence-corrected chi connectivity index (χ3v) is 5.55. The molecule has 0 saturated heterocycles. The Morgan fingerprint density at radius 1 is 1.20 bits per heavy atom. The minimum Gasteiger partial charge on any atom is -0.360 e. The van der Waals surface area contributed by atoms with Crippen LogP contribution in [0.5, 0.6) is 0 Å². The Labute approximate surface area is 177 Å². The fourth-order valence-corrected chi connectivity index (χ4v) is 3.23. The van der Waals surface area contributed by atoms with Gasteiger partial charge in [0.1, 0.15) is 5.76 Å². The van der Waals surface area contributed by atoms with Gasteiger partial charge in [-0.1, -0.05) is 37.2 Å². The lowest BCUT2D eigenvalue weighted by Crippen LogP contribution is -2.38. The molecule has 1 atom stereocenters. The van der Waals surface area contributed by atoms with Crippen molar-refractivity contribution < 1.29 is 27.3 Å². The lowest BCUT2D eigenvalue weighted by Gasteiger charge is -2.26. The molecule has 0 aliphatic rings. The molecule has 0 saturated carbocycles. The molecule has 1 aromatic carbocycles. The summed E-state index contributed by atoms with van der Waals surface area (Å²) in [7, 11) is 0. The standard InChI is InChI=1S/C20H24F3N3O3S/c1-12-8-16(26-29-12)25-18(28)13(2)30-10-17(27)24-11-19(3,4)14-6-5-7-15(9-14)20(21,22)23/h5-9,13H,10-11H2,1-4H3,(H,24,27)(H,25,26,28). The van der Waals surface area contributed by atoms with Crippen molar-refractivity contribution in [1.29, 1.82) is 0 Å². The number of carbonyl (C=O) groups excluding carboxylic acids is 2. The van der Waals surface area contributed by atoms with Gasteiger partial charge in [0.2, 0.25) is 11.8 Å². The minimum atomic E-state index is -4.42. The Kier molecular flexibility index (Phi) is 7.57. The van der Waals surface area contributed by atoms with Gasteiger partial charge in [-0.05, 0) is 25.5 Å². The number of aromatic nitrogens is 1. The van der Waals surface area contributed by atoms with E-state index >= 15 is 0 Å². The molecular formula is C20H24F3N3O3S. The molecule has 0 radical (unpaired) electrons. The number of hydrogen-bond donors (Lipinski definition) is 2. The third-order valence-electron chi connectivity index (χ3n) is 4.41. The maximum atomic E-state index is 12.9. The van der Waals surface area contributed by atoms with Gasteiger partial charge in [-0.25, -0.2) is 0 Å². The number of carbonyl (C=O) groups is 2. The Hall–Kier alpha value is -2.49. The highest BCUT2D eigenvalue weighted by Crippen LogP contribution is 2.32. The Morgan fingerprint density at radius 2 is 1.87 bits per heavy atom. The van der Waals surface area contributed by atoms with Crippen LogP contribution < -0.4 is 10.6 Å². The molecule has 1 aromatic heterocycles. The van der Waals surface area contributed by atoms with Crippen molar-refractivity contribution in [1.82, 2.24) is 10.5 Å². The normalized spacial score (nSPS) is 13.0. The first-order chi connectivity index (χ1) is 13.9. The fraction of sp³-hybridized carbons (Fsp3) is 0.450. The van der Waals surface area contributed by atoms with Crippen LogP contribution in [-0.2, 0) is 21.2 Å². The number of aryl methyl sites for hydroxylation is 1.